The zero-order valence-electron chi connectivity index (χ0n) is 10.7. The van der Waals surface area contributed by atoms with Gasteiger partial charge in [0.25, 0.3) is 0 Å². The Labute approximate surface area is 112 Å². The number of fused-ring (bicyclic) bond motifs is 1. The van der Waals surface area contributed by atoms with E-state index in [0.717, 1.165) is 33.4 Å². The predicted molar refractivity (Wildman–Crippen MR) is 80.6 cm³/mol. The highest BCUT2D eigenvalue weighted by atomic mass is 14.9. The Hall–Kier alpha value is -2.55. The van der Waals surface area contributed by atoms with Crippen LogP contribution >= 0.6 is 0 Å². The van der Waals surface area contributed by atoms with Crippen molar-refractivity contribution >= 4 is 27.8 Å². The van der Waals surface area contributed by atoms with Crippen LogP contribution in [0.1, 0.15) is 5.56 Å². The largest absolute Gasteiger partial charge is 0.399 e. The van der Waals surface area contributed by atoms with E-state index in [0.29, 0.717) is 0 Å². The summed E-state index contributed by atoms with van der Waals surface area (Å²) in [6, 6.07) is 14.1. The van der Waals surface area contributed by atoms with Gasteiger partial charge < -0.3 is 11.1 Å². The predicted octanol–water partition coefficient (Wildman–Crippen LogP) is 3.87. The van der Waals surface area contributed by atoms with Gasteiger partial charge in [-0.05, 0) is 42.8 Å². The minimum Gasteiger partial charge on any atom is -0.399 e. The van der Waals surface area contributed by atoms with Crippen molar-refractivity contribution in [2.24, 2.45) is 0 Å². The third-order valence-corrected chi connectivity index (χ3v) is 3.23. The summed E-state index contributed by atoms with van der Waals surface area (Å²) in [6.45, 7) is 2.01. The molecule has 3 heteroatoms. The first-order valence-electron chi connectivity index (χ1n) is 6.20. The molecule has 3 aromatic rings. The fourth-order valence-electron chi connectivity index (χ4n) is 2.14. The minimum absolute atomic E-state index is 0.813. The van der Waals surface area contributed by atoms with Gasteiger partial charge >= 0.3 is 0 Å². The molecule has 0 bridgehead atoms. The van der Waals surface area contributed by atoms with Crippen molar-refractivity contribution in [3.8, 4) is 0 Å². The van der Waals surface area contributed by atoms with Gasteiger partial charge in [-0.1, -0.05) is 12.1 Å². The molecule has 3 N–H and O–H groups in total. The molecule has 0 fully saturated rings. The van der Waals surface area contributed by atoms with Gasteiger partial charge in [-0.25, -0.2) is 0 Å². The molecule has 0 atom stereocenters. The number of benzene rings is 2. The second-order valence-corrected chi connectivity index (χ2v) is 4.60. The maximum atomic E-state index is 5.84. The number of hydrogen-bond donors (Lipinski definition) is 2. The van der Waals surface area contributed by atoms with Gasteiger partial charge in [-0.2, -0.15) is 0 Å². The Morgan fingerprint density at radius 1 is 1.11 bits per heavy atom. The average Bonchev–Trinajstić information content (AvgIpc) is 2.43. The van der Waals surface area contributed by atoms with Crippen molar-refractivity contribution in [1.82, 2.24) is 4.98 Å². The minimum atomic E-state index is 0.813. The maximum absolute atomic E-state index is 5.84. The van der Waals surface area contributed by atoms with Gasteiger partial charge in [0, 0.05) is 40.2 Å². The zero-order chi connectivity index (χ0) is 13.2. The molecule has 0 unspecified atom stereocenters. The quantitative estimate of drug-likeness (QED) is 0.678. The van der Waals surface area contributed by atoms with Crippen molar-refractivity contribution in [1.29, 1.82) is 0 Å². The number of aromatic nitrogens is 1. The van der Waals surface area contributed by atoms with Crippen LogP contribution in [0.5, 0.6) is 0 Å². The SMILES string of the molecule is Cc1cc(Nc2cccc3cnccc23)ccc1N. The van der Waals surface area contributed by atoms with Crippen LogP contribution in [0.4, 0.5) is 17.1 Å². The highest BCUT2D eigenvalue weighted by molar-refractivity contribution is 5.94. The molecule has 2 aromatic carbocycles. The standard InChI is InChI=1S/C16H15N3/c1-11-9-13(5-6-15(11)17)19-16-4-2-3-12-10-18-8-7-14(12)16/h2-10,19H,17H2,1H3. The van der Waals surface area contributed by atoms with E-state index in [1.807, 2.05) is 43.6 Å². The van der Waals surface area contributed by atoms with E-state index in [2.05, 4.69) is 28.5 Å². The van der Waals surface area contributed by atoms with Crippen molar-refractivity contribution < 1.29 is 0 Å². The lowest BCUT2D eigenvalue weighted by Gasteiger charge is -2.11. The van der Waals surface area contributed by atoms with E-state index in [9.17, 15) is 0 Å². The molecule has 0 aliphatic carbocycles. The van der Waals surface area contributed by atoms with Crippen molar-refractivity contribution in [3.63, 3.8) is 0 Å². The average molecular weight is 249 g/mol. The number of nitrogens with zero attached hydrogens (tertiary/aromatic N) is 1. The number of anilines is 3. The summed E-state index contributed by atoms with van der Waals surface area (Å²) in [5, 5.41) is 5.72. The molecule has 0 saturated heterocycles. The summed E-state index contributed by atoms with van der Waals surface area (Å²) in [4.78, 5) is 4.14. The van der Waals surface area contributed by atoms with E-state index in [4.69, 9.17) is 5.73 Å². The van der Waals surface area contributed by atoms with Crippen molar-refractivity contribution in [2.75, 3.05) is 11.1 Å². The van der Waals surface area contributed by atoms with Gasteiger partial charge in [0.15, 0.2) is 0 Å². The summed E-state index contributed by atoms with van der Waals surface area (Å²) in [5.41, 5.74) is 9.84. The molecule has 0 spiro atoms. The monoisotopic (exact) mass is 249 g/mol. The first kappa shape index (κ1) is 11.5. The summed E-state index contributed by atoms with van der Waals surface area (Å²) >= 11 is 0. The van der Waals surface area contributed by atoms with Gasteiger partial charge in [-0.3, -0.25) is 4.98 Å². The van der Waals surface area contributed by atoms with E-state index in [1.165, 1.54) is 0 Å². The molecule has 3 nitrogen and oxygen atoms in total. The Balaban J connectivity index is 2.03. The van der Waals surface area contributed by atoms with Crippen LogP contribution in [0, 0.1) is 6.92 Å². The molecule has 1 heterocycles. The van der Waals surface area contributed by atoms with E-state index in [-0.39, 0.29) is 0 Å². The Morgan fingerprint density at radius 3 is 2.84 bits per heavy atom. The summed E-state index contributed by atoms with van der Waals surface area (Å²) in [6.07, 6.45) is 3.68. The highest BCUT2D eigenvalue weighted by Crippen LogP contribution is 2.27. The second kappa shape index (κ2) is 4.61. The number of hydrogen-bond acceptors (Lipinski definition) is 3. The number of rotatable bonds is 2. The van der Waals surface area contributed by atoms with Crippen LogP contribution in [-0.4, -0.2) is 4.98 Å². The smallest absolute Gasteiger partial charge is 0.0465 e. The number of pyridine rings is 1. The van der Waals surface area contributed by atoms with Crippen LogP contribution < -0.4 is 11.1 Å². The normalized spacial score (nSPS) is 10.6. The molecule has 0 radical (unpaired) electrons. The Morgan fingerprint density at radius 2 is 2.00 bits per heavy atom. The third kappa shape index (κ3) is 2.22. The van der Waals surface area contributed by atoms with Crippen molar-refractivity contribution in [2.45, 2.75) is 6.92 Å². The van der Waals surface area contributed by atoms with E-state index in [1.54, 1.807) is 0 Å². The molecule has 0 saturated carbocycles. The number of aryl methyl sites for hydroxylation is 1. The number of nitrogens with one attached hydrogen (secondary N) is 1. The molecular weight excluding hydrogens is 234 g/mol. The fraction of sp³-hybridized carbons (Fsp3) is 0.0625. The van der Waals surface area contributed by atoms with E-state index >= 15 is 0 Å². The molecule has 3 rings (SSSR count). The van der Waals surface area contributed by atoms with Crippen LogP contribution in [0.2, 0.25) is 0 Å². The third-order valence-electron chi connectivity index (χ3n) is 3.23. The Bertz CT molecular complexity index is 730. The number of nitrogen functional groups attached to an aromatic ring is 1. The number of nitrogens with two attached hydrogens (primary N) is 1. The first-order valence-corrected chi connectivity index (χ1v) is 6.20. The van der Waals surface area contributed by atoms with Crippen LogP contribution in [0.15, 0.2) is 54.9 Å². The lowest BCUT2D eigenvalue weighted by atomic mass is 10.1. The van der Waals surface area contributed by atoms with Gasteiger partial charge in [0.2, 0.25) is 0 Å². The molecule has 19 heavy (non-hydrogen) atoms. The maximum Gasteiger partial charge on any atom is 0.0465 e. The molecule has 1 aromatic heterocycles. The Kier molecular flexibility index (Phi) is 2.80. The molecule has 0 aliphatic rings. The van der Waals surface area contributed by atoms with E-state index < -0.39 is 0 Å². The highest BCUT2D eigenvalue weighted by Gasteiger charge is 2.02. The summed E-state index contributed by atoms with van der Waals surface area (Å²) in [7, 11) is 0. The second-order valence-electron chi connectivity index (χ2n) is 4.60. The van der Waals surface area contributed by atoms with Crippen molar-refractivity contribution in [3.05, 3.63) is 60.4 Å². The van der Waals surface area contributed by atoms with Gasteiger partial charge in [0.05, 0.1) is 0 Å². The lowest BCUT2D eigenvalue weighted by Crippen LogP contribution is -1.94. The summed E-state index contributed by atoms with van der Waals surface area (Å²) in [5.74, 6) is 0. The fourth-order valence-corrected chi connectivity index (χ4v) is 2.14. The first-order chi connectivity index (χ1) is 9.24. The van der Waals surface area contributed by atoms with Crippen LogP contribution in [-0.2, 0) is 0 Å². The van der Waals surface area contributed by atoms with Crippen LogP contribution in [0.3, 0.4) is 0 Å². The topological polar surface area (TPSA) is 50.9 Å². The molecule has 94 valence electrons. The molecule has 0 aliphatic heterocycles. The summed E-state index contributed by atoms with van der Waals surface area (Å²) < 4.78 is 0. The van der Waals surface area contributed by atoms with Gasteiger partial charge in [0.1, 0.15) is 0 Å². The zero-order valence-corrected chi connectivity index (χ0v) is 10.7. The molecular formula is C16H15N3. The lowest BCUT2D eigenvalue weighted by molar-refractivity contribution is 1.36. The molecule has 0 amide bonds. The van der Waals surface area contributed by atoms with Crippen LogP contribution in [0.25, 0.3) is 10.8 Å². The van der Waals surface area contributed by atoms with Gasteiger partial charge in [-0.15, -0.1) is 0 Å².